The lowest BCUT2D eigenvalue weighted by Gasteiger charge is -2.32. The van der Waals surface area contributed by atoms with Crippen LogP contribution in [0.2, 0.25) is 5.02 Å². The number of nitrogens with one attached hydrogen (secondary N) is 2. The molecule has 10 rings (SSSR count). The molecule has 4 bridgehead atoms. The molecule has 0 unspecified atom stereocenters. The molecule has 2 aromatic heterocycles. The SMILES string of the molecule is COCC12CCC(CCCN3CCc4c(nc(C(=O)Nc5cccc(-c6cccc(NC(=O)c7nc8c(n7C)CCN(CCC79CCC(C(=O)OC)(CC7)C9)C8)c6C)c5Cl)n4C)C3)(CC1)C2. The molecule has 66 heavy (non-hydrogen) atoms. The van der Waals surface area contributed by atoms with Crippen molar-refractivity contribution < 1.29 is 23.9 Å². The summed E-state index contributed by atoms with van der Waals surface area (Å²) in [5.74, 6) is 0.162. The van der Waals surface area contributed by atoms with Gasteiger partial charge in [-0.05, 0) is 143 Å². The smallest absolute Gasteiger partial charge is 0.311 e. The molecule has 0 radical (unpaired) electrons. The number of fused-ring (bicyclic) bond motifs is 6. The number of nitrogens with zero attached hydrogens (tertiary/aromatic N) is 6. The fourth-order valence-electron chi connectivity index (χ4n) is 13.7. The molecule has 4 saturated carbocycles. The van der Waals surface area contributed by atoms with Crippen LogP contribution in [0.25, 0.3) is 11.1 Å². The number of benzene rings is 2. The number of carbonyl (C=O) groups is 3. The summed E-state index contributed by atoms with van der Waals surface area (Å²) < 4.78 is 14.7. The number of imidazole rings is 2. The zero-order valence-electron chi connectivity index (χ0n) is 39.6. The summed E-state index contributed by atoms with van der Waals surface area (Å²) in [6.45, 7) is 8.21. The molecule has 4 fully saturated rings. The van der Waals surface area contributed by atoms with Crippen molar-refractivity contribution in [2.45, 2.75) is 116 Å². The Kier molecular flexibility index (Phi) is 12.0. The third-order valence-electron chi connectivity index (χ3n) is 17.5. The van der Waals surface area contributed by atoms with Crippen molar-refractivity contribution in [1.29, 1.82) is 0 Å². The lowest BCUT2D eigenvalue weighted by Crippen LogP contribution is -2.34. The summed E-state index contributed by atoms with van der Waals surface area (Å²) >= 11 is 7.12. The highest BCUT2D eigenvalue weighted by Crippen LogP contribution is 2.64. The van der Waals surface area contributed by atoms with Gasteiger partial charge >= 0.3 is 5.97 Å². The molecule has 4 heterocycles. The molecule has 4 aromatic rings. The van der Waals surface area contributed by atoms with E-state index in [1.54, 1.807) is 0 Å². The Bertz CT molecular complexity index is 2550. The normalized spacial score (nSPS) is 26.7. The van der Waals surface area contributed by atoms with Gasteiger partial charge in [0.15, 0.2) is 11.6 Å². The van der Waals surface area contributed by atoms with E-state index in [-0.39, 0.29) is 28.6 Å². The minimum absolute atomic E-state index is 0.0293. The molecule has 2 aliphatic heterocycles. The van der Waals surface area contributed by atoms with Gasteiger partial charge in [0.1, 0.15) is 0 Å². The lowest BCUT2D eigenvalue weighted by atomic mass is 9.79. The molecule has 4 aliphatic carbocycles. The Balaban J connectivity index is 0.760. The van der Waals surface area contributed by atoms with E-state index in [9.17, 15) is 14.4 Å². The first-order valence-electron chi connectivity index (χ1n) is 24.4. The van der Waals surface area contributed by atoms with Crippen LogP contribution >= 0.6 is 11.6 Å². The number of aromatic nitrogens is 4. The Morgan fingerprint density at radius 2 is 1.24 bits per heavy atom. The van der Waals surface area contributed by atoms with Gasteiger partial charge in [0.2, 0.25) is 0 Å². The van der Waals surface area contributed by atoms with Crippen molar-refractivity contribution in [3.8, 4) is 11.1 Å². The number of rotatable bonds is 15. The van der Waals surface area contributed by atoms with Gasteiger partial charge in [-0.25, -0.2) is 9.97 Å². The second kappa shape index (κ2) is 17.5. The maximum atomic E-state index is 13.9. The zero-order valence-corrected chi connectivity index (χ0v) is 40.4. The molecule has 14 heteroatoms. The van der Waals surface area contributed by atoms with Gasteiger partial charge in [0.25, 0.3) is 11.8 Å². The van der Waals surface area contributed by atoms with Crippen LogP contribution in [0.3, 0.4) is 0 Å². The fourth-order valence-corrected chi connectivity index (χ4v) is 14.0. The van der Waals surface area contributed by atoms with E-state index in [1.165, 1.54) is 52.1 Å². The van der Waals surface area contributed by atoms with Crippen molar-refractivity contribution >= 4 is 40.8 Å². The van der Waals surface area contributed by atoms with Crippen LogP contribution in [0.5, 0.6) is 0 Å². The van der Waals surface area contributed by atoms with Crippen LogP contribution in [0, 0.1) is 28.6 Å². The predicted octanol–water partition coefficient (Wildman–Crippen LogP) is 8.89. The Hall–Kier alpha value is -4.56. The highest BCUT2D eigenvalue weighted by atomic mass is 35.5. The molecule has 0 atom stereocenters. The van der Waals surface area contributed by atoms with Gasteiger partial charge < -0.3 is 29.2 Å². The number of hydrogen-bond acceptors (Lipinski definition) is 9. The first-order valence-corrected chi connectivity index (χ1v) is 24.8. The second-order valence-electron chi connectivity index (χ2n) is 21.3. The van der Waals surface area contributed by atoms with Crippen LogP contribution in [-0.4, -0.2) is 93.7 Å². The molecule has 2 N–H and O–H groups in total. The number of ether oxygens (including phenoxy) is 2. The van der Waals surface area contributed by atoms with Crippen LogP contribution in [0.4, 0.5) is 11.4 Å². The van der Waals surface area contributed by atoms with E-state index in [0.717, 1.165) is 130 Å². The second-order valence-corrected chi connectivity index (χ2v) is 21.7. The van der Waals surface area contributed by atoms with Crippen molar-refractivity contribution in [2.75, 3.05) is 57.6 Å². The van der Waals surface area contributed by atoms with Crippen LogP contribution in [0.15, 0.2) is 36.4 Å². The molecule has 2 aromatic carbocycles. The number of amides is 2. The van der Waals surface area contributed by atoms with E-state index in [0.29, 0.717) is 45.4 Å². The van der Waals surface area contributed by atoms with Gasteiger partial charge in [-0.1, -0.05) is 35.9 Å². The standard InChI is InChI=1S/C52H67ClN8O5/c1-34-35(9-6-11-37(34)56-46(62)44-55-40-30-61(27-14-42(40)58(44)2)28-24-50-20-22-52(32-50,23-21-50)48(64)66-5)36-10-7-12-38(43(36)53)57-47(63)45-54-39-29-60(26-13-41(39)59(45)3)25-8-15-49-16-18-51(31-49,19-17-49)33-65-4/h6-7,9-12H,8,13-33H2,1-5H3,(H,56,62)(H,57,63). The predicted molar refractivity (Wildman–Crippen MR) is 256 cm³/mol. The minimum atomic E-state index is -0.300. The van der Waals surface area contributed by atoms with Crippen LogP contribution in [-0.2, 0) is 54.3 Å². The topological polar surface area (TPSA) is 136 Å². The Morgan fingerprint density at radius 1 is 0.697 bits per heavy atom. The number of halogens is 1. The molecular weight excluding hydrogens is 852 g/mol. The summed E-state index contributed by atoms with van der Waals surface area (Å²) in [5, 5.41) is 6.63. The summed E-state index contributed by atoms with van der Waals surface area (Å²) in [5.41, 5.74) is 8.63. The number of anilines is 2. The first kappa shape index (κ1) is 45.2. The Labute approximate surface area is 394 Å². The summed E-state index contributed by atoms with van der Waals surface area (Å²) in [6.07, 6.45) is 16.9. The van der Waals surface area contributed by atoms with Crippen molar-refractivity contribution in [1.82, 2.24) is 28.9 Å². The van der Waals surface area contributed by atoms with Crippen molar-refractivity contribution in [3.63, 3.8) is 0 Å². The zero-order chi connectivity index (χ0) is 46.0. The third-order valence-corrected chi connectivity index (χ3v) is 17.9. The summed E-state index contributed by atoms with van der Waals surface area (Å²) in [6, 6.07) is 11.4. The average Bonchev–Trinajstić information content (AvgIpc) is 4.18. The van der Waals surface area contributed by atoms with E-state index in [4.69, 9.17) is 31.0 Å². The van der Waals surface area contributed by atoms with Gasteiger partial charge in [0, 0.05) is 82.9 Å². The van der Waals surface area contributed by atoms with Gasteiger partial charge in [-0.3, -0.25) is 24.2 Å². The van der Waals surface area contributed by atoms with E-state index < -0.39 is 0 Å². The first-order chi connectivity index (χ1) is 31.8. The van der Waals surface area contributed by atoms with Crippen molar-refractivity contribution in [2.24, 2.45) is 35.8 Å². The highest BCUT2D eigenvalue weighted by Gasteiger charge is 2.58. The summed E-state index contributed by atoms with van der Waals surface area (Å²) in [7, 11) is 7.22. The van der Waals surface area contributed by atoms with Gasteiger partial charge in [-0.2, -0.15) is 0 Å². The molecule has 6 aliphatic rings. The number of methoxy groups -OCH3 is 2. The quantitative estimate of drug-likeness (QED) is 0.112. The van der Waals surface area contributed by atoms with E-state index >= 15 is 0 Å². The van der Waals surface area contributed by atoms with Gasteiger partial charge in [0.05, 0.1) is 41.2 Å². The number of carbonyl (C=O) groups excluding carboxylic acids is 3. The molecular formula is C52H67ClN8O5. The average molecular weight is 920 g/mol. The highest BCUT2D eigenvalue weighted by molar-refractivity contribution is 6.36. The monoisotopic (exact) mass is 918 g/mol. The Morgan fingerprint density at radius 3 is 1.86 bits per heavy atom. The number of esters is 1. The van der Waals surface area contributed by atoms with Crippen LogP contribution < -0.4 is 10.6 Å². The van der Waals surface area contributed by atoms with E-state index in [1.807, 2.05) is 73.7 Å². The fraction of sp³-hybridized carbons (Fsp3) is 0.596. The molecule has 13 nitrogen and oxygen atoms in total. The lowest BCUT2D eigenvalue weighted by molar-refractivity contribution is -0.152. The molecule has 0 saturated heterocycles. The minimum Gasteiger partial charge on any atom is -0.469 e. The van der Waals surface area contributed by atoms with Crippen molar-refractivity contribution in [3.05, 3.63) is 81.4 Å². The van der Waals surface area contributed by atoms with E-state index in [2.05, 4.69) is 20.4 Å². The summed E-state index contributed by atoms with van der Waals surface area (Å²) in [4.78, 5) is 55.2. The molecule has 352 valence electrons. The van der Waals surface area contributed by atoms with Gasteiger partial charge in [-0.15, -0.1) is 0 Å². The van der Waals surface area contributed by atoms with Crippen LogP contribution in [0.1, 0.15) is 133 Å². The number of hydrogen-bond donors (Lipinski definition) is 2. The molecule has 2 amide bonds. The third kappa shape index (κ3) is 8.09. The maximum Gasteiger partial charge on any atom is 0.311 e. The molecule has 0 spiro atoms. The largest absolute Gasteiger partial charge is 0.469 e. The maximum absolute atomic E-state index is 13.9.